The van der Waals surface area contributed by atoms with E-state index in [1.807, 2.05) is 60.7 Å². The van der Waals surface area contributed by atoms with E-state index in [9.17, 15) is 4.39 Å². The van der Waals surface area contributed by atoms with Gasteiger partial charge in [0.05, 0.1) is 0 Å². The highest BCUT2D eigenvalue weighted by Gasteiger charge is 2.07. The summed E-state index contributed by atoms with van der Waals surface area (Å²) in [6.07, 6.45) is 3.57. The summed E-state index contributed by atoms with van der Waals surface area (Å²) in [5, 5.41) is 0. The van der Waals surface area contributed by atoms with E-state index in [4.69, 9.17) is 0 Å². The van der Waals surface area contributed by atoms with Crippen LogP contribution in [0, 0.1) is 5.82 Å². The average molecular weight is 300 g/mol. The van der Waals surface area contributed by atoms with Crippen molar-refractivity contribution in [3.63, 3.8) is 0 Å². The van der Waals surface area contributed by atoms with Gasteiger partial charge in [0.25, 0.3) is 0 Å². The molecule has 0 saturated carbocycles. The molecule has 0 unspecified atom stereocenters. The Morgan fingerprint density at radius 2 is 1.09 bits per heavy atom. The maximum absolute atomic E-state index is 14.5. The molecule has 0 fully saturated rings. The lowest BCUT2D eigenvalue weighted by atomic mass is 9.98. The summed E-state index contributed by atoms with van der Waals surface area (Å²) in [7, 11) is 0. The third-order valence-electron chi connectivity index (χ3n) is 3.91. The van der Waals surface area contributed by atoms with Crippen LogP contribution in [0.2, 0.25) is 0 Å². The zero-order chi connectivity index (χ0) is 16.2. The Labute approximate surface area is 136 Å². The maximum atomic E-state index is 14.5. The standard InChI is InChI=1S/C22H17F/c1-3-16-5-9-18(10-6-16)20-13-14-21(22(23)15-20)19-11-7-17(4-2)8-12-19/h3-15H,1-2H2. The number of benzene rings is 3. The molecule has 0 aromatic heterocycles. The molecule has 0 nitrogen and oxygen atoms in total. The van der Waals surface area contributed by atoms with Gasteiger partial charge in [-0.1, -0.05) is 86.0 Å². The molecule has 0 N–H and O–H groups in total. The molecule has 0 bridgehead atoms. The number of halogens is 1. The van der Waals surface area contributed by atoms with Crippen molar-refractivity contribution in [3.05, 3.63) is 96.8 Å². The summed E-state index contributed by atoms with van der Waals surface area (Å²) in [6, 6.07) is 21.0. The van der Waals surface area contributed by atoms with Crippen LogP contribution in [0.1, 0.15) is 11.1 Å². The summed E-state index contributed by atoms with van der Waals surface area (Å²) in [5.74, 6) is -0.221. The summed E-state index contributed by atoms with van der Waals surface area (Å²) in [6.45, 7) is 7.47. The molecular formula is C22H17F. The second kappa shape index (κ2) is 6.45. The predicted molar refractivity (Wildman–Crippen MR) is 97.5 cm³/mol. The molecule has 0 aliphatic heterocycles. The SMILES string of the molecule is C=Cc1ccc(-c2ccc(-c3ccc(C=C)cc3)c(F)c2)cc1. The smallest absolute Gasteiger partial charge is 0.131 e. The minimum Gasteiger partial charge on any atom is -0.206 e. The molecule has 3 rings (SSSR count). The number of rotatable bonds is 4. The zero-order valence-corrected chi connectivity index (χ0v) is 12.8. The Kier molecular flexibility index (Phi) is 4.20. The topological polar surface area (TPSA) is 0 Å². The van der Waals surface area contributed by atoms with Crippen LogP contribution in [0.25, 0.3) is 34.4 Å². The van der Waals surface area contributed by atoms with E-state index in [0.717, 1.165) is 27.8 Å². The van der Waals surface area contributed by atoms with Crippen LogP contribution >= 0.6 is 0 Å². The Morgan fingerprint density at radius 1 is 0.609 bits per heavy atom. The Bertz CT molecular complexity index is 840. The van der Waals surface area contributed by atoms with E-state index in [-0.39, 0.29) is 5.82 Å². The van der Waals surface area contributed by atoms with Crippen LogP contribution in [-0.4, -0.2) is 0 Å². The lowest BCUT2D eigenvalue weighted by Gasteiger charge is -2.08. The summed E-state index contributed by atoms with van der Waals surface area (Å²) in [5.41, 5.74) is 5.39. The largest absolute Gasteiger partial charge is 0.206 e. The summed E-state index contributed by atoms with van der Waals surface area (Å²) < 4.78 is 14.5. The first-order valence-electron chi connectivity index (χ1n) is 7.46. The van der Waals surface area contributed by atoms with Crippen LogP contribution in [-0.2, 0) is 0 Å². The highest BCUT2D eigenvalue weighted by atomic mass is 19.1. The molecule has 0 heterocycles. The van der Waals surface area contributed by atoms with E-state index in [1.165, 1.54) is 0 Å². The molecule has 0 amide bonds. The summed E-state index contributed by atoms with van der Waals surface area (Å²) >= 11 is 0. The first-order chi connectivity index (χ1) is 11.2. The van der Waals surface area contributed by atoms with E-state index in [2.05, 4.69) is 13.2 Å². The Morgan fingerprint density at radius 3 is 1.57 bits per heavy atom. The van der Waals surface area contributed by atoms with Crippen LogP contribution in [0.15, 0.2) is 79.9 Å². The minimum atomic E-state index is -0.221. The maximum Gasteiger partial charge on any atom is 0.131 e. The van der Waals surface area contributed by atoms with Crippen LogP contribution < -0.4 is 0 Å². The molecule has 112 valence electrons. The quantitative estimate of drug-likeness (QED) is 0.519. The second-order valence-corrected chi connectivity index (χ2v) is 5.35. The first-order valence-corrected chi connectivity index (χ1v) is 7.46. The van der Waals surface area contributed by atoms with Crippen LogP contribution in [0.5, 0.6) is 0 Å². The number of hydrogen-bond acceptors (Lipinski definition) is 0. The number of hydrogen-bond donors (Lipinski definition) is 0. The van der Waals surface area contributed by atoms with Gasteiger partial charge >= 0.3 is 0 Å². The van der Waals surface area contributed by atoms with E-state index in [0.29, 0.717) is 5.56 Å². The van der Waals surface area contributed by atoms with Crippen molar-refractivity contribution in [1.82, 2.24) is 0 Å². The molecule has 0 saturated heterocycles. The molecule has 0 aliphatic rings. The van der Waals surface area contributed by atoms with E-state index in [1.54, 1.807) is 18.2 Å². The third kappa shape index (κ3) is 3.14. The van der Waals surface area contributed by atoms with Crippen molar-refractivity contribution >= 4 is 12.2 Å². The average Bonchev–Trinajstić information content (AvgIpc) is 2.62. The van der Waals surface area contributed by atoms with Crippen molar-refractivity contribution in [2.45, 2.75) is 0 Å². The molecule has 23 heavy (non-hydrogen) atoms. The van der Waals surface area contributed by atoms with Gasteiger partial charge in [-0.05, 0) is 33.9 Å². The molecule has 3 aromatic rings. The third-order valence-corrected chi connectivity index (χ3v) is 3.91. The fourth-order valence-corrected chi connectivity index (χ4v) is 2.54. The lowest BCUT2D eigenvalue weighted by Crippen LogP contribution is -1.87. The van der Waals surface area contributed by atoms with Gasteiger partial charge in [0.15, 0.2) is 0 Å². The molecule has 3 aromatic carbocycles. The molecule has 0 spiro atoms. The molecule has 1 heteroatoms. The van der Waals surface area contributed by atoms with Crippen LogP contribution in [0.4, 0.5) is 4.39 Å². The second-order valence-electron chi connectivity index (χ2n) is 5.35. The summed E-state index contributed by atoms with van der Waals surface area (Å²) in [4.78, 5) is 0. The van der Waals surface area contributed by atoms with Crippen molar-refractivity contribution in [2.75, 3.05) is 0 Å². The van der Waals surface area contributed by atoms with Gasteiger partial charge in [-0.3, -0.25) is 0 Å². The zero-order valence-electron chi connectivity index (χ0n) is 12.8. The Hall–Kier alpha value is -2.93. The van der Waals surface area contributed by atoms with Crippen molar-refractivity contribution in [2.24, 2.45) is 0 Å². The van der Waals surface area contributed by atoms with Gasteiger partial charge in [-0.15, -0.1) is 0 Å². The highest BCUT2D eigenvalue weighted by molar-refractivity contribution is 5.72. The van der Waals surface area contributed by atoms with Gasteiger partial charge in [0, 0.05) is 5.56 Å². The molecule has 0 radical (unpaired) electrons. The van der Waals surface area contributed by atoms with Crippen molar-refractivity contribution in [3.8, 4) is 22.3 Å². The van der Waals surface area contributed by atoms with E-state index >= 15 is 0 Å². The predicted octanol–water partition coefficient (Wildman–Crippen LogP) is 6.45. The molecular weight excluding hydrogens is 283 g/mol. The fourth-order valence-electron chi connectivity index (χ4n) is 2.54. The monoisotopic (exact) mass is 300 g/mol. The van der Waals surface area contributed by atoms with Gasteiger partial charge in [0.1, 0.15) is 5.82 Å². The van der Waals surface area contributed by atoms with Gasteiger partial charge in [-0.2, -0.15) is 0 Å². The van der Waals surface area contributed by atoms with Crippen molar-refractivity contribution < 1.29 is 4.39 Å². The first kappa shape index (κ1) is 15.0. The normalized spacial score (nSPS) is 10.3. The fraction of sp³-hybridized carbons (Fsp3) is 0. The van der Waals surface area contributed by atoms with Crippen molar-refractivity contribution in [1.29, 1.82) is 0 Å². The van der Waals surface area contributed by atoms with E-state index < -0.39 is 0 Å². The lowest BCUT2D eigenvalue weighted by molar-refractivity contribution is 0.632. The van der Waals surface area contributed by atoms with Gasteiger partial charge < -0.3 is 0 Å². The minimum absolute atomic E-state index is 0.221. The van der Waals surface area contributed by atoms with Gasteiger partial charge in [0.2, 0.25) is 0 Å². The van der Waals surface area contributed by atoms with Gasteiger partial charge in [-0.25, -0.2) is 4.39 Å². The Balaban J connectivity index is 1.95. The molecule has 0 aliphatic carbocycles. The highest BCUT2D eigenvalue weighted by Crippen LogP contribution is 2.28. The van der Waals surface area contributed by atoms with Crippen LogP contribution in [0.3, 0.4) is 0 Å². The molecule has 0 atom stereocenters.